The molecule has 1 N–H and O–H groups in total. The maximum atomic E-state index is 12.4. The smallest absolute Gasteiger partial charge is 0.334 e. The molecule has 7 heteroatoms. The number of carboxylic acid groups (broad SMARTS) is 1. The minimum absolute atomic E-state index is 0.0646. The number of nitrogens with zero attached hydrogens (tertiary/aromatic N) is 3. The Balaban J connectivity index is 1.73. The molecule has 2 heterocycles. The number of hydrogen-bond acceptors (Lipinski definition) is 4. The summed E-state index contributed by atoms with van der Waals surface area (Å²) >= 11 is 0. The van der Waals surface area contributed by atoms with Crippen LogP contribution in [0.15, 0.2) is 42.7 Å². The predicted molar refractivity (Wildman–Crippen MR) is 76.8 cm³/mol. The van der Waals surface area contributed by atoms with E-state index < -0.39 is 12.1 Å². The highest BCUT2D eigenvalue weighted by molar-refractivity contribution is 5.94. The maximum Gasteiger partial charge on any atom is 0.334 e. The van der Waals surface area contributed by atoms with Crippen molar-refractivity contribution in [2.45, 2.75) is 6.10 Å². The third kappa shape index (κ3) is 2.84. The van der Waals surface area contributed by atoms with Crippen LogP contribution < -0.4 is 0 Å². The van der Waals surface area contributed by atoms with Crippen molar-refractivity contribution in [3.63, 3.8) is 0 Å². The first-order valence-electron chi connectivity index (χ1n) is 6.89. The minimum Gasteiger partial charge on any atom is -0.479 e. The number of morpholine rings is 1. The Labute approximate surface area is 126 Å². The second kappa shape index (κ2) is 5.98. The molecule has 1 aliphatic heterocycles. The van der Waals surface area contributed by atoms with Crippen LogP contribution in [0.1, 0.15) is 10.4 Å². The Kier molecular flexibility index (Phi) is 3.88. The molecule has 0 unspecified atom stereocenters. The van der Waals surface area contributed by atoms with Gasteiger partial charge in [-0.1, -0.05) is 0 Å². The van der Waals surface area contributed by atoms with E-state index in [1.54, 1.807) is 35.1 Å². The van der Waals surface area contributed by atoms with Crippen molar-refractivity contribution < 1.29 is 19.4 Å². The van der Waals surface area contributed by atoms with Crippen molar-refractivity contribution in [1.29, 1.82) is 0 Å². The minimum atomic E-state index is -1.05. The molecule has 0 spiro atoms. The van der Waals surface area contributed by atoms with Crippen molar-refractivity contribution in [3.05, 3.63) is 48.3 Å². The van der Waals surface area contributed by atoms with Crippen molar-refractivity contribution in [2.75, 3.05) is 19.7 Å². The number of aromatic nitrogens is 2. The largest absolute Gasteiger partial charge is 0.479 e. The molecule has 1 amide bonds. The summed E-state index contributed by atoms with van der Waals surface area (Å²) in [5, 5.41) is 13.1. The van der Waals surface area contributed by atoms with Gasteiger partial charge < -0.3 is 14.7 Å². The molecule has 114 valence electrons. The van der Waals surface area contributed by atoms with Gasteiger partial charge in [-0.15, -0.1) is 0 Å². The molecule has 0 saturated carbocycles. The number of rotatable bonds is 3. The molecule has 3 rings (SSSR count). The summed E-state index contributed by atoms with van der Waals surface area (Å²) in [6, 6.07) is 8.85. The number of ether oxygens (including phenoxy) is 1. The molecule has 1 aromatic carbocycles. The first kappa shape index (κ1) is 14.3. The molecule has 0 bridgehead atoms. The summed E-state index contributed by atoms with van der Waals surface area (Å²) in [5.74, 6) is -1.24. The molecule has 0 aliphatic carbocycles. The highest BCUT2D eigenvalue weighted by atomic mass is 16.5. The van der Waals surface area contributed by atoms with Gasteiger partial charge in [-0.3, -0.25) is 4.79 Å². The predicted octanol–water partition coefficient (Wildman–Crippen LogP) is 0.798. The Morgan fingerprint density at radius 2 is 2.05 bits per heavy atom. The van der Waals surface area contributed by atoms with Crippen molar-refractivity contribution in [3.8, 4) is 5.69 Å². The number of carbonyl (C=O) groups is 2. The number of aliphatic carboxylic acids is 1. The summed E-state index contributed by atoms with van der Waals surface area (Å²) < 4.78 is 6.82. The highest BCUT2D eigenvalue weighted by Crippen LogP contribution is 2.13. The van der Waals surface area contributed by atoms with Crippen molar-refractivity contribution in [1.82, 2.24) is 14.7 Å². The third-order valence-corrected chi connectivity index (χ3v) is 3.51. The van der Waals surface area contributed by atoms with Crippen LogP contribution in [0, 0.1) is 0 Å². The van der Waals surface area contributed by atoms with E-state index in [0.717, 1.165) is 5.69 Å². The van der Waals surface area contributed by atoms with Gasteiger partial charge in [0.2, 0.25) is 0 Å². The molecule has 7 nitrogen and oxygen atoms in total. The molecule has 1 aromatic heterocycles. The lowest BCUT2D eigenvalue weighted by molar-refractivity contribution is -0.154. The van der Waals surface area contributed by atoms with Gasteiger partial charge in [0, 0.05) is 24.5 Å². The van der Waals surface area contributed by atoms with Gasteiger partial charge in [-0.2, -0.15) is 5.10 Å². The second-order valence-electron chi connectivity index (χ2n) is 4.95. The topological polar surface area (TPSA) is 84.7 Å². The van der Waals surface area contributed by atoms with Crippen LogP contribution in [0.3, 0.4) is 0 Å². The fourth-order valence-electron chi connectivity index (χ4n) is 2.34. The Hall–Kier alpha value is -2.67. The third-order valence-electron chi connectivity index (χ3n) is 3.51. The molecular weight excluding hydrogens is 286 g/mol. The Morgan fingerprint density at radius 3 is 2.68 bits per heavy atom. The average Bonchev–Trinajstić information content (AvgIpc) is 3.09. The van der Waals surface area contributed by atoms with E-state index in [1.807, 2.05) is 12.3 Å². The van der Waals surface area contributed by atoms with Gasteiger partial charge in [0.25, 0.3) is 5.91 Å². The normalized spacial score (nSPS) is 18.2. The average molecular weight is 301 g/mol. The summed E-state index contributed by atoms with van der Waals surface area (Å²) in [5.41, 5.74) is 1.37. The van der Waals surface area contributed by atoms with E-state index in [0.29, 0.717) is 12.1 Å². The zero-order valence-electron chi connectivity index (χ0n) is 11.8. The number of carboxylic acids is 1. The fourth-order valence-corrected chi connectivity index (χ4v) is 2.34. The quantitative estimate of drug-likeness (QED) is 0.906. The molecule has 0 radical (unpaired) electrons. The van der Waals surface area contributed by atoms with Crippen molar-refractivity contribution in [2.24, 2.45) is 0 Å². The molecule has 22 heavy (non-hydrogen) atoms. The van der Waals surface area contributed by atoms with E-state index in [1.165, 1.54) is 4.90 Å². The van der Waals surface area contributed by atoms with Gasteiger partial charge >= 0.3 is 5.97 Å². The number of benzene rings is 1. The van der Waals surface area contributed by atoms with Crippen LogP contribution in [0.2, 0.25) is 0 Å². The van der Waals surface area contributed by atoms with Gasteiger partial charge in [-0.25, -0.2) is 9.48 Å². The van der Waals surface area contributed by atoms with Gasteiger partial charge in [-0.05, 0) is 30.3 Å². The Bertz CT molecular complexity index is 667. The molecule has 1 fully saturated rings. The monoisotopic (exact) mass is 301 g/mol. The second-order valence-corrected chi connectivity index (χ2v) is 4.95. The zero-order valence-corrected chi connectivity index (χ0v) is 11.8. The van der Waals surface area contributed by atoms with Crippen LogP contribution >= 0.6 is 0 Å². The molecule has 1 atom stereocenters. The first-order chi connectivity index (χ1) is 10.6. The number of amides is 1. The van der Waals surface area contributed by atoms with E-state index in [4.69, 9.17) is 9.84 Å². The SMILES string of the molecule is O=C(O)[C@@H]1CN(C(=O)c2ccc(-n3cccn3)cc2)CCO1. The van der Waals surface area contributed by atoms with Crippen LogP contribution in [-0.4, -0.2) is 57.5 Å². The van der Waals surface area contributed by atoms with Gasteiger partial charge in [0.1, 0.15) is 0 Å². The van der Waals surface area contributed by atoms with E-state index in [9.17, 15) is 9.59 Å². The number of hydrogen-bond donors (Lipinski definition) is 1. The number of carbonyl (C=O) groups excluding carboxylic acids is 1. The molecule has 1 aliphatic rings. The van der Waals surface area contributed by atoms with Crippen LogP contribution in [-0.2, 0) is 9.53 Å². The van der Waals surface area contributed by atoms with E-state index in [-0.39, 0.29) is 19.1 Å². The van der Waals surface area contributed by atoms with Crippen LogP contribution in [0.5, 0.6) is 0 Å². The van der Waals surface area contributed by atoms with E-state index in [2.05, 4.69) is 5.10 Å². The lowest BCUT2D eigenvalue weighted by Crippen LogP contribution is -2.48. The highest BCUT2D eigenvalue weighted by Gasteiger charge is 2.29. The van der Waals surface area contributed by atoms with E-state index >= 15 is 0 Å². The standard InChI is InChI=1S/C15H15N3O4/c19-14(17-8-9-22-13(10-17)15(20)21)11-2-4-12(5-3-11)18-7-1-6-16-18/h1-7,13H,8-10H2,(H,20,21)/t13-/m0/s1. The maximum absolute atomic E-state index is 12.4. The molecule has 2 aromatic rings. The zero-order chi connectivity index (χ0) is 15.5. The molecular formula is C15H15N3O4. The lowest BCUT2D eigenvalue weighted by Gasteiger charge is -2.30. The molecule has 1 saturated heterocycles. The summed E-state index contributed by atoms with van der Waals surface area (Å²) in [6.45, 7) is 0.687. The summed E-state index contributed by atoms with van der Waals surface area (Å²) in [7, 11) is 0. The summed E-state index contributed by atoms with van der Waals surface area (Å²) in [6.07, 6.45) is 2.54. The van der Waals surface area contributed by atoms with Gasteiger partial charge in [0.15, 0.2) is 6.10 Å². The van der Waals surface area contributed by atoms with Crippen molar-refractivity contribution >= 4 is 11.9 Å². The summed E-state index contributed by atoms with van der Waals surface area (Å²) in [4.78, 5) is 24.9. The van der Waals surface area contributed by atoms with Gasteiger partial charge in [0.05, 0.1) is 18.8 Å². The fraction of sp³-hybridized carbons (Fsp3) is 0.267. The Morgan fingerprint density at radius 1 is 1.27 bits per heavy atom. The first-order valence-corrected chi connectivity index (χ1v) is 6.89. The lowest BCUT2D eigenvalue weighted by atomic mass is 10.1. The van der Waals surface area contributed by atoms with Crippen LogP contribution in [0.25, 0.3) is 5.69 Å². The van der Waals surface area contributed by atoms with Crippen LogP contribution in [0.4, 0.5) is 0 Å².